The first-order valence-corrected chi connectivity index (χ1v) is 5.81. The second-order valence-corrected chi connectivity index (χ2v) is 4.65. The molecule has 6 nitrogen and oxygen atoms in total. The Kier molecular flexibility index (Phi) is 3.67. The fourth-order valence-electron chi connectivity index (χ4n) is 1.85. The van der Waals surface area contributed by atoms with Crippen LogP contribution in [0.25, 0.3) is 0 Å². The number of nitrogens with zero attached hydrogens (tertiary/aromatic N) is 1. The van der Waals surface area contributed by atoms with Crippen LogP contribution in [0, 0.1) is 11.3 Å². The molecule has 1 aliphatic heterocycles. The molecule has 0 spiro atoms. The van der Waals surface area contributed by atoms with Crippen LogP contribution in [0.2, 0.25) is 0 Å². The first kappa shape index (κ1) is 13.7. The zero-order valence-electron chi connectivity index (χ0n) is 10.8. The highest BCUT2D eigenvalue weighted by Crippen LogP contribution is 2.29. The number of hydrogen-bond acceptors (Lipinski definition) is 6. The molecule has 1 aromatic rings. The Morgan fingerprint density at radius 2 is 2.37 bits per heavy atom. The predicted octanol–water partition coefficient (Wildman–Crippen LogP) is -0.467. The van der Waals surface area contributed by atoms with Crippen LogP contribution < -0.4 is 20.7 Å². The van der Waals surface area contributed by atoms with Crippen LogP contribution >= 0.6 is 0 Å². The molecular formula is C12H15BN2O4. The van der Waals surface area contributed by atoms with Crippen molar-refractivity contribution in [1.82, 2.24) is 0 Å². The lowest BCUT2D eigenvalue weighted by Crippen LogP contribution is -2.41. The highest BCUT2D eigenvalue weighted by molar-refractivity contribution is 6.62. The van der Waals surface area contributed by atoms with Gasteiger partial charge in [-0.05, 0) is 18.6 Å². The first-order chi connectivity index (χ1) is 8.98. The van der Waals surface area contributed by atoms with Crippen LogP contribution in [0.5, 0.6) is 11.5 Å². The standard InChI is InChI=1S/C12H15BN2O4/c1-12(15,6-14)7-18-9-4-3-8-5-19-13(16)10(8)11(9)17-2/h3-4,16H,5,7,15H2,1-2H3/t12-/m1/s1. The second kappa shape index (κ2) is 5.09. The number of methoxy groups -OCH3 is 1. The summed E-state index contributed by atoms with van der Waals surface area (Å²) in [7, 11) is 0.466. The van der Waals surface area contributed by atoms with Crippen molar-refractivity contribution in [3.63, 3.8) is 0 Å². The largest absolute Gasteiger partial charge is 0.495 e. The van der Waals surface area contributed by atoms with Gasteiger partial charge in [0, 0.05) is 5.46 Å². The van der Waals surface area contributed by atoms with E-state index in [9.17, 15) is 5.02 Å². The summed E-state index contributed by atoms with van der Waals surface area (Å²) >= 11 is 0. The van der Waals surface area contributed by atoms with Crippen LogP contribution in [-0.2, 0) is 11.3 Å². The minimum Gasteiger partial charge on any atom is -0.493 e. The molecule has 1 heterocycles. The first-order valence-electron chi connectivity index (χ1n) is 5.81. The molecule has 0 saturated heterocycles. The molecule has 2 rings (SSSR count). The maximum atomic E-state index is 9.76. The highest BCUT2D eigenvalue weighted by atomic mass is 16.5. The van der Waals surface area contributed by atoms with Gasteiger partial charge in [-0.25, -0.2) is 0 Å². The zero-order valence-corrected chi connectivity index (χ0v) is 10.8. The molecular weight excluding hydrogens is 247 g/mol. The van der Waals surface area contributed by atoms with Crippen molar-refractivity contribution in [3.05, 3.63) is 17.7 Å². The molecule has 0 fully saturated rings. The lowest BCUT2D eigenvalue weighted by Gasteiger charge is -2.19. The van der Waals surface area contributed by atoms with E-state index in [2.05, 4.69) is 0 Å². The predicted molar refractivity (Wildman–Crippen MR) is 69.1 cm³/mol. The Labute approximate surface area is 111 Å². The number of benzene rings is 1. The molecule has 0 bridgehead atoms. The van der Waals surface area contributed by atoms with E-state index in [-0.39, 0.29) is 6.61 Å². The fourth-order valence-corrected chi connectivity index (χ4v) is 1.85. The van der Waals surface area contributed by atoms with E-state index in [1.165, 1.54) is 7.11 Å². The summed E-state index contributed by atoms with van der Waals surface area (Å²) in [6, 6.07) is 5.46. The summed E-state index contributed by atoms with van der Waals surface area (Å²) in [4.78, 5) is 0. The van der Waals surface area contributed by atoms with E-state index in [4.69, 9.17) is 25.1 Å². The molecule has 1 atom stereocenters. The van der Waals surface area contributed by atoms with E-state index >= 15 is 0 Å². The summed E-state index contributed by atoms with van der Waals surface area (Å²) in [5, 5.41) is 18.6. The van der Waals surface area contributed by atoms with Gasteiger partial charge in [-0.2, -0.15) is 5.26 Å². The molecule has 3 N–H and O–H groups in total. The maximum Gasteiger partial charge on any atom is 0.495 e. The van der Waals surface area contributed by atoms with E-state index in [1.54, 1.807) is 19.1 Å². The number of nitrogens with two attached hydrogens (primary N) is 1. The Bertz CT molecular complexity index is 527. The molecule has 0 radical (unpaired) electrons. The molecule has 0 aliphatic carbocycles. The number of rotatable bonds is 4. The van der Waals surface area contributed by atoms with E-state index in [0.29, 0.717) is 23.6 Å². The van der Waals surface area contributed by atoms with E-state index in [0.717, 1.165) is 5.56 Å². The average molecular weight is 262 g/mol. The van der Waals surface area contributed by atoms with E-state index < -0.39 is 12.7 Å². The summed E-state index contributed by atoms with van der Waals surface area (Å²) < 4.78 is 15.9. The number of fused-ring (bicyclic) bond motifs is 1. The van der Waals surface area contributed by atoms with Crippen LogP contribution in [0.1, 0.15) is 12.5 Å². The third kappa shape index (κ3) is 2.66. The summed E-state index contributed by atoms with van der Waals surface area (Å²) in [5.74, 6) is 0.842. The summed E-state index contributed by atoms with van der Waals surface area (Å²) in [6.07, 6.45) is 0. The quantitative estimate of drug-likeness (QED) is 0.712. The highest BCUT2D eigenvalue weighted by Gasteiger charge is 2.33. The van der Waals surface area contributed by atoms with Crippen molar-refractivity contribution in [2.45, 2.75) is 19.1 Å². The Hall–Kier alpha value is -1.75. The minimum absolute atomic E-state index is 0.0234. The van der Waals surface area contributed by atoms with Gasteiger partial charge in [-0.15, -0.1) is 0 Å². The molecule has 0 aromatic heterocycles. The fraction of sp³-hybridized carbons (Fsp3) is 0.417. The molecule has 1 aliphatic rings. The summed E-state index contributed by atoms with van der Waals surface area (Å²) in [6.45, 7) is 1.93. The van der Waals surface area contributed by atoms with E-state index in [1.807, 2.05) is 6.07 Å². The van der Waals surface area contributed by atoms with Crippen molar-refractivity contribution in [1.29, 1.82) is 5.26 Å². The Balaban J connectivity index is 2.28. The number of hydrogen-bond donors (Lipinski definition) is 2. The van der Waals surface area contributed by atoms with Gasteiger partial charge >= 0.3 is 7.12 Å². The SMILES string of the molecule is COc1c(OC[C@](C)(N)C#N)ccc2c1B(O)OC2. The molecule has 0 amide bonds. The van der Waals surface area contributed by atoms with Gasteiger partial charge in [-0.1, -0.05) is 6.07 Å². The second-order valence-electron chi connectivity index (χ2n) is 4.65. The van der Waals surface area contributed by atoms with Crippen LogP contribution in [0.4, 0.5) is 0 Å². The van der Waals surface area contributed by atoms with Gasteiger partial charge in [0.1, 0.15) is 12.1 Å². The lowest BCUT2D eigenvalue weighted by molar-refractivity contribution is 0.252. The van der Waals surface area contributed by atoms with Crippen molar-refractivity contribution in [3.8, 4) is 17.6 Å². The normalized spacial score (nSPS) is 16.5. The lowest BCUT2D eigenvalue weighted by atomic mass is 9.78. The smallest absolute Gasteiger partial charge is 0.493 e. The monoisotopic (exact) mass is 262 g/mol. The van der Waals surface area contributed by atoms with Gasteiger partial charge in [0.05, 0.1) is 19.8 Å². The molecule has 0 unspecified atom stereocenters. The molecule has 1 aromatic carbocycles. The third-order valence-corrected chi connectivity index (χ3v) is 2.88. The zero-order chi connectivity index (χ0) is 14.0. The van der Waals surface area contributed by atoms with Crippen LogP contribution in [0.3, 0.4) is 0 Å². The third-order valence-electron chi connectivity index (χ3n) is 2.88. The van der Waals surface area contributed by atoms with Gasteiger partial charge in [0.25, 0.3) is 0 Å². The topological polar surface area (TPSA) is 97.7 Å². The van der Waals surface area contributed by atoms with Gasteiger partial charge in [0.15, 0.2) is 11.5 Å². The van der Waals surface area contributed by atoms with Crippen LogP contribution in [-0.4, -0.2) is 31.4 Å². The molecule has 0 saturated carbocycles. The number of nitriles is 1. The average Bonchev–Trinajstić information content (AvgIpc) is 2.78. The maximum absolute atomic E-state index is 9.76. The van der Waals surface area contributed by atoms with Crippen molar-refractivity contribution in [2.24, 2.45) is 5.73 Å². The molecule has 19 heavy (non-hydrogen) atoms. The molecule has 100 valence electrons. The Morgan fingerprint density at radius 3 is 3.00 bits per heavy atom. The minimum atomic E-state index is -1.08. The van der Waals surface area contributed by atoms with Crippen molar-refractivity contribution in [2.75, 3.05) is 13.7 Å². The van der Waals surface area contributed by atoms with Crippen molar-refractivity contribution >= 4 is 12.6 Å². The Morgan fingerprint density at radius 1 is 1.63 bits per heavy atom. The molecule has 7 heteroatoms. The van der Waals surface area contributed by atoms with Gasteiger partial charge in [-0.3, -0.25) is 0 Å². The van der Waals surface area contributed by atoms with Gasteiger partial charge in [0.2, 0.25) is 0 Å². The van der Waals surface area contributed by atoms with Crippen LogP contribution in [0.15, 0.2) is 12.1 Å². The summed E-state index contributed by atoms with van der Waals surface area (Å²) in [5.41, 5.74) is 6.03. The van der Waals surface area contributed by atoms with Crippen molar-refractivity contribution < 1.29 is 19.2 Å². The number of ether oxygens (including phenoxy) is 2. The van der Waals surface area contributed by atoms with Gasteiger partial charge < -0.3 is 24.9 Å².